The summed E-state index contributed by atoms with van der Waals surface area (Å²) < 4.78 is 13.3. The Kier molecular flexibility index (Phi) is 5.90. The molecular weight excluding hydrogens is 301 g/mol. The van der Waals surface area contributed by atoms with E-state index in [2.05, 4.69) is 5.32 Å². The van der Waals surface area contributed by atoms with Gasteiger partial charge in [-0.15, -0.1) is 0 Å². The highest BCUT2D eigenvalue weighted by atomic mass is 35.5. The van der Waals surface area contributed by atoms with Gasteiger partial charge < -0.3 is 10.2 Å². The normalized spacial score (nSPS) is 11.9. The van der Waals surface area contributed by atoms with Crippen LogP contribution in [0.15, 0.2) is 12.1 Å². The van der Waals surface area contributed by atoms with Crippen LogP contribution < -0.4 is 5.32 Å². The number of likely N-dealkylation sites (N-methyl/N-ethyl adjacent to an activating group) is 1. The molecule has 0 heterocycles. The number of benzene rings is 1. The van der Waals surface area contributed by atoms with Crippen LogP contribution in [0.4, 0.5) is 15.8 Å². The minimum absolute atomic E-state index is 0.0133. The fourth-order valence-electron chi connectivity index (χ4n) is 1.91. The number of amides is 1. The Balaban J connectivity index is 3.04. The summed E-state index contributed by atoms with van der Waals surface area (Å²) in [6.45, 7) is 6.33. The van der Waals surface area contributed by atoms with E-state index in [1.165, 1.54) is 0 Å². The summed E-state index contributed by atoms with van der Waals surface area (Å²) in [6, 6.07) is 1.16. The highest BCUT2D eigenvalue weighted by Crippen LogP contribution is 2.30. The van der Waals surface area contributed by atoms with Crippen molar-refractivity contribution >= 4 is 28.9 Å². The molecule has 0 radical (unpaired) electrons. The zero-order valence-corrected chi connectivity index (χ0v) is 12.8. The Hall–Kier alpha value is -1.89. The maximum atomic E-state index is 13.3. The second-order valence-electron chi connectivity index (χ2n) is 4.42. The SMILES string of the molecule is CCN(CC)C(=O)C(C)Nc1cc(Cl)c(F)cc1[N+](=O)[O-]. The van der Waals surface area contributed by atoms with Crippen molar-refractivity contribution < 1.29 is 14.1 Å². The molecule has 8 heteroatoms. The van der Waals surface area contributed by atoms with Crippen LogP contribution in [0.2, 0.25) is 5.02 Å². The largest absolute Gasteiger partial charge is 0.368 e. The topological polar surface area (TPSA) is 75.5 Å². The zero-order valence-electron chi connectivity index (χ0n) is 12.0. The van der Waals surface area contributed by atoms with Crippen molar-refractivity contribution in [1.82, 2.24) is 4.90 Å². The molecule has 0 saturated heterocycles. The maximum Gasteiger partial charge on any atom is 0.295 e. The maximum absolute atomic E-state index is 13.3. The van der Waals surface area contributed by atoms with Gasteiger partial charge in [0.15, 0.2) is 0 Å². The van der Waals surface area contributed by atoms with Crippen LogP contribution in [0, 0.1) is 15.9 Å². The molecule has 116 valence electrons. The number of carbonyl (C=O) groups excluding carboxylic acids is 1. The smallest absolute Gasteiger partial charge is 0.295 e. The number of anilines is 1. The molecule has 0 bridgehead atoms. The molecule has 0 fully saturated rings. The Morgan fingerprint density at radius 2 is 2.05 bits per heavy atom. The molecule has 1 amide bonds. The average molecular weight is 318 g/mol. The van der Waals surface area contributed by atoms with Crippen molar-refractivity contribution in [2.24, 2.45) is 0 Å². The average Bonchev–Trinajstić information content (AvgIpc) is 2.43. The van der Waals surface area contributed by atoms with Gasteiger partial charge in [-0.25, -0.2) is 4.39 Å². The second kappa shape index (κ2) is 7.21. The van der Waals surface area contributed by atoms with E-state index in [-0.39, 0.29) is 16.6 Å². The van der Waals surface area contributed by atoms with Crippen molar-refractivity contribution in [3.63, 3.8) is 0 Å². The first kappa shape index (κ1) is 17.2. The summed E-state index contributed by atoms with van der Waals surface area (Å²) in [5, 5.41) is 13.4. The number of nitrogens with one attached hydrogen (secondary N) is 1. The number of nitro benzene ring substituents is 1. The van der Waals surface area contributed by atoms with Crippen LogP contribution >= 0.6 is 11.6 Å². The number of hydrogen-bond acceptors (Lipinski definition) is 4. The molecular formula is C13H17ClFN3O3. The number of rotatable bonds is 6. The fourth-order valence-corrected chi connectivity index (χ4v) is 2.07. The third kappa shape index (κ3) is 4.04. The van der Waals surface area contributed by atoms with E-state index in [0.717, 1.165) is 12.1 Å². The summed E-state index contributed by atoms with van der Waals surface area (Å²) in [5.41, 5.74) is -0.449. The van der Waals surface area contributed by atoms with Crippen molar-refractivity contribution in [1.29, 1.82) is 0 Å². The van der Waals surface area contributed by atoms with Gasteiger partial charge in [-0.1, -0.05) is 11.6 Å². The van der Waals surface area contributed by atoms with Gasteiger partial charge in [0, 0.05) is 13.1 Å². The zero-order chi connectivity index (χ0) is 16.2. The number of hydrogen-bond donors (Lipinski definition) is 1. The lowest BCUT2D eigenvalue weighted by Gasteiger charge is -2.24. The molecule has 21 heavy (non-hydrogen) atoms. The van der Waals surface area contributed by atoms with E-state index in [1.54, 1.807) is 11.8 Å². The number of halogens is 2. The third-order valence-electron chi connectivity index (χ3n) is 3.05. The fraction of sp³-hybridized carbons (Fsp3) is 0.462. The highest BCUT2D eigenvalue weighted by Gasteiger charge is 2.23. The summed E-state index contributed by atoms with van der Waals surface area (Å²) in [6.07, 6.45) is 0. The molecule has 6 nitrogen and oxygen atoms in total. The quantitative estimate of drug-likeness (QED) is 0.646. The lowest BCUT2D eigenvalue weighted by molar-refractivity contribution is -0.384. The molecule has 0 aromatic heterocycles. The first-order chi connectivity index (χ1) is 9.81. The van der Waals surface area contributed by atoms with Crippen molar-refractivity contribution in [3.8, 4) is 0 Å². The van der Waals surface area contributed by atoms with Crippen molar-refractivity contribution in [2.45, 2.75) is 26.8 Å². The molecule has 0 saturated carbocycles. The molecule has 0 aliphatic carbocycles. The molecule has 0 aliphatic heterocycles. The molecule has 1 aromatic carbocycles. The van der Waals surface area contributed by atoms with Gasteiger partial charge in [0.25, 0.3) is 5.69 Å². The van der Waals surface area contributed by atoms with Gasteiger partial charge in [0.05, 0.1) is 16.0 Å². The molecule has 1 N–H and O–H groups in total. The molecule has 1 atom stereocenters. The first-order valence-electron chi connectivity index (χ1n) is 6.50. The lowest BCUT2D eigenvalue weighted by atomic mass is 10.2. The third-order valence-corrected chi connectivity index (χ3v) is 3.34. The monoisotopic (exact) mass is 317 g/mol. The van der Waals surface area contributed by atoms with Crippen LogP contribution in [0.3, 0.4) is 0 Å². The number of nitrogens with zero attached hydrogens (tertiary/aromatic N) is 2. The summed E-state index contributed by atoms with van der Waals surface area (Å²) in [7, 11) is 0. The molecule has 0 spiro atoms. The predicted molar refractivity (Wildman–Crippen MR) is 79.1 cm³/mol. The Morgan fingerprint density at radius 1 is 1.48 bits per heavy atom. The number of carbonyl (C=O) groups is 1. The van der Waals surface area contributed by atoms with Crippen LogP contribution in [0.25, 0.3) is 0 Å². The summed E-state index contributed by atoms with van der Waals surface area (Å²) >= 11 is 5.64. The van der Waals surface area contributed by atoms with Gasteiger partial charge in [0.2, 0.25) is 5.91 Å². The van der Waals surface area contributed by atoms with Crippen LogP contribution in [-0.4, -0.2) is 34.9 Å². The lowest BCUT2D eigenvalue weighted by Crippen LogP contribution is -2.41. The predicted octanol–water partition coefficient (Wildman–Crippen LogP) is 3.06. The Bertz CT molecular complexity index is 550. The van der Waals surface area contributed by atoms with Gasteiger partial charge >= 0.3 is 0 Å². The minimum Gasteiger partial charge on any atom is -0.368 e. The van der Waals surface area contributed by atoms with Crippen molar-refractivity contribution in [3.05, 3.63) is 33.1 Å². The van der Waals surface area contributed by atoms with Gasteiger partial charge in [-0.05, 0) is 26.8 Å². The second-order valence-corrected chi connectivity index (χ2v) is 4.82. The van der Waals surface area contributed by atoms with Gasteiger partial charge in [-0.2, -0.15) is 0 Å². The van der Waals surface area contributed by atoms with E-state index < -0.39 is 22.5 Å². The van der Waals surface area contributed by atoms with E-state index in [9.17, 15) is 19.3 Å². The van der Waals surface area contributed by atoms with Crippen LogP contribution in [0.5, 0.6) is 0 Å². The van der Waals surface area contributed by atoms with E-state index >= 15 is 0 Å². The Labute approximate surface area is 127 Å². The minimum atomic E-state index is -0.878. The Morgan fingerprint density at radius 3 is 2.52 bits per heavy atom. The molecule has 1 unspecified atom stereocenters. The molecule has 1 rings (SSSR count). The molecule has 0 aliphatic rings. The van der Waals surface area contributed by atoms with Crippen LogP contribution in [0.1, 0.15) is 20.8 Å². The standard InChI is InChI=1S/C13H17ClFN3O3/c1-4-17(5-2)13(19)8(3)16-11-6-9(14)10(15)7-12(11)18(20)21/h6-8,16H,4-5H2,1-3H3. The van der Waals surface area contributed by atoms with Gasteiger partial charge in [-0.3, -0.25) is 14.9 Å². The van der Waals surface area contributed by atoms with E-state index in [4.69, 9.17) is 11.6 Å². The highest BCUT2D eigenvalue weighted by molar-refractivity contribution is 6.31. The van der Waals surface area contributed by atoms with Crippen LogP contribution in [-0.2, 0) is 4.79 Å². The number of nitro groups is 1. The molecule has 1 aromatic rings. The summed E-state index contributed by atoms with van der Waals surface area (Å²) in [5.74, 6) is -1.08. The van der Waals surface area contributed by atoms with Crippen molar-refractivity contribution in [2.75, 3.05) is 18.4 Å². The first-order valence-corrected chi connectivity index (χ1v) is 6.88. The van der Waals surface area contributed by atoms with E-state index in [0.29, 0.717) is 13.1 Å². The van der Waals surface area contributed by atoms with E-state index in [1.807, 2.05) is 13.8 Å². The van der Waals surface area contributed by atoms with Gasteiger partial charge in [0.1, 0.15) is 17.5 Å². The summed E-state index contributed by atoms with van der Waals surface area (Å²) in [4.78, 5) is 23.9.